The van der Waals surface area contributed by atoms with Gasteiger partial charge in [-0.05, 0) is 80.4 Å². The predicted molar refractivity (Wildman–Crippen MR) is 94.0 cm³/mol. The van der Waals surface area contributed by atoms with Crippen LogP contribution in [0.25, 0.3) is 11.1 Å². The molecule has 2 nitrogen and oxygen atoms in total. The van der Waals surface area contributed by atoms with Crippen LogP contribution in [0, 0.1) is 0 Å². The van der Waals surface area contributed by atoms with Gasteiger partial charge in [-0.25, -0.2) is 0 Å². The largest absolute Gasteiger partial charge is 0.313 e. The van der Waals surface area contributed by atoms with Crippen LogP contribution < -0.4 is 5.32 Å². The van der Waals surface area contributed by atoms with Crippen molar-refractivity contribution in [3.63, 3.8) is 0 Å². The van der Waals surface area contributed by atoms with E-state index in [9.17, 15) is 0 Å². The summed E-state index contributed by atoms with van der Waals surface area (Å²) in [4.78, 5) is 2.21. The maximum absolute atomic E-state index is 3.47. The number of nitrogens with zero attached hydrogens (tertiary/aromatic N) is 1. The minimum absolute atomic E-state index is 0.508. The Kier molecular flexibility index (Phi) is 4.60. The zero-order valence-corrected chi connectivity index (χ0v) is 13.9. The van der Waals surface area contributed by atoms with E-state index in [2.05, 4.69) is 73.8 Å². The van der Waals surface area contributed by atoms with Crippen LogP contribution in [0.15, 0.2) is 42.5 Å². The second-order valence-corrected chi connectivity index (χ2v) is 6.59. The molecule has 0 heterocycles. The van der Waals surface area contributed by atoms with Gasteiger partial charge in [0, 0.05) is 12.6 Å². The molecule has 0 amide bonds. The number of rotatable bonds is 4. The van der Waals surface area contributed by atoms with E-state index >= 15 is 0 Å². The summed E-state index contributed by atoms with van der Waals surface area (Å²) in [6, 6.07) is 16.4. The lowest BCUT2D eigenvalue weighted by Crippen LogP contribution is -2.21. The van der Waals surface area contributed by atoms with E-state index < -0.39 is 0 Å². The molecule has 0 saturated heterocycles. The SMILES string of the molecule is CNC1CCCc2ccc(-c3cccc(CN(C)C)c3)cc21. The van der Waals surface area contributed by atoms with Gasteiger partial charge in [0.05, 0.1) is 0 Å². The van der Waals surface area contributed by atoms with Crippen LogP contribution in [0.1, 0.15) is 35.6 Å². The average Bonchev–Trinajstić information content (AvgIpc) is 2.53. The van der Waals surface area contributed by atoms with Crippen LogP contribution >= 0.6 is 0 Å². The molecule has 1 aliphatic carbocycles. The summed E-state index contributed by atoms with van der Waals surface area (Å²) in [7, 11) is 6.30. The number of nitrogens with one attached hydrogen (secondary N) is 1. The average molecular weight is 294 g/mol. The molecule has 2 aromatic rings. The van der Waals surface area contributed by atoms with Crippen molar-refractivity contribution >= 4 is 0 Å². The van der Waals surface area contributed by atoms with Crippen molar-refractivity contribution in [1.82, 2.24) is 10.2 Å². The van der Waals surface area contributed by atoms with Gasteiger partial charge < -0.3 is 10.2 Å². The first-order valence-corrected chi connectivity index (χ1v) is 8.21. The Morgan fingerprint density at radius 1 is 1.09 bits per heavy atom. The fourth-order valence-corrected chi connectivity index (χ4v) is 3.49. The van der Waals surface area contributed by atoms with Crippen LogP contribution in [0.4, 0.5) is 0 Å². The normalized spacial score (nSPS) is 17.5. The molecule has 1 N–H and O–H groups in total. The lowest BCUT2D eigenvalue weighted by atomic mass is 9.85. The highest BCUT2D eigenvalue weighted by molar-refractivity contribution is 5.66. The monoisotopic (exact) mass is 294 g/mol. The Bertz CT molecular complexity index is 646. The third kappa shape index (κ3) is 3.23. The number of aryl methyl sites for hydroxylation is 1. The Balaban J connectivity index is 1.95. The summed E-state index contributed by atoms with van der Waals surface area (Å²) in [5.41, 5.74) is 7.03. The second kappa shape index (κ2) is 6.64. The van der Waals surface area contributed by atoms with Gasteiger partial charge in [-0.15, -0.1) is 0 Å². The van der Waals surface area contributed by atoms with E-state index in [4.69, 9.17) is 0 Å². The van der Waals surface area contributed by atoms with Crippen molar-refractivity contribution in [2.75, 3.05) is 21.1 Å². The fourth-order valence-electron chi connectivity index (χ4n) is 3.49. The summed E-state index contributed by atoms with van der Waals surface area (Å²) >= 11 is 0. The molecule has 0 aliphatic heterocycles. The lowest BCUT2D eigenvalue weighted by molar-refractivity contribution is 0.402. The first-order valence-electron chi connectivity index (χ1n) is 8.21. The van der Waals surface area contributed by atoms with Crippen LogP contribution in [-0.4, -0.2) is 26.0 Å². The van der Waals surface area contributed by atoms with E-state index in [1.54, 1.807) is 0 Å². The predicted octanol–water partition coefficient (Wildman–Crippen LogP) is 4.01. The van der Waals surface area contributed by atoms with Gasteiger partial charge in [0.2, 0.25) is 0 Å². The van der Waals surface area contributed by atoms with Gasteiger partial charge in [0.1, 0.15) is 0 Å². The van der Waals surface area contributed by atoms with Crippen LogP contribution in [0.2, 0.25) is 0 Å². The molecule has 0 aromatic heterocycles. The van der Waals surface area contributed by atoms with Crippen molar-refractivity contribution in [2.24, 2.45) is 0 Å². The first kappa shape index (κ1) is 15.3. The molecular formula is C20H26N2. The number of hydrogen-bond acceptors (Lipinski definition) is 2. The molecular weight excluding hydrogens is 268 g/mol. The van der Waals surface area contributed by atoms with Crippen molar-refractivity contribution in [2.45, 2.75) is 31.8 Å². The van der Waals surface area contributed by atoms with Gasteiger partial charge in [-0.1, -0.05) is 30.3 Å². The summed E-state index contributed by atoms with van der Waals surface area (Å²) in [6.07, 6.45) is 3.75. The van der Waals surface area contributed by atoms with E-state index in [0.717, 1.165) is 6.54 Å². The number of fused-ring (bicyclic) bond motifs is 1. The molecule has 116 valence electrons. The van der Waals surface area contributed by atoms with Gasteiger partial charge in [0.15, 0.2) is 0 Å². The highest BCUT2D eigenvalue weighted by atomic mass is 15.0. The molecule has 0 bridgehead atoms. The summed E-state index contributed by atoms with van der Waals surface area (Å²) in [5.74, 6) is 0. The van der Waals surface area contributed by atoms with E-state index in [0.29, 0.717) is 6.04 Å². The van der Waals surface area contributed by atoms with Crippen LogP contribution in [0.5, 0.6) is 0 Å². The maximum atomic E-state index is 3.47. The Labute approximate surface area is 134 Å². The Hall–Kier alpha value is -1.64. The Morgan fingerprint density at radius 2 is 1.91 bits per heavy atom. The quantitative estimate of drug-likeness (QED) is 0.916. The molecule has 3 rings (SSSR count). The minimum Gasteiger partial charge on any atom is -0.313 e. The Morgan fingerprint density at radius 3 is 2.68 bits per heavy atom. The minimum atomic E-state index is 0.508. The topological polar surface area (TPSA) is 15.3 Å². The smallest absolute Gasteiger partial charge is 0.0320 e. The lowest BCUT2D eigenvalue weighted by Gasteiger charge is -2.26. The first-order chi connectivity index (χ1) is 10.7. The molecule has 1 aliphatic rings. The number of hydrogen-bond donors (Lipinski definition) is 1. The van der Waals surface area contributed by atoms with Crippen molar-refractivity contribution in [3.8, 4) is 11.1 Å². The van der Waals surface area contributed by atoms with Crippen molar-refractivity contribution < 1.29 is 0 Å². The van der Waals surface area contributed by atoms with Gasteiger partial charge >= 0.3 is 0 Å². The molecule has 2 aromatic carbocycles. The molecule has 0 radical (unpaired) electrons. The fraction of sp³-hybridized carbons (Fsp3) is 0.400. The zero-order chi connectivity index (χ0) is 15.5. The highest BCUT2D eigenvalue weighted by Gasteiger charge is 2.19. The highest BCUT2D eigenvalue weighted by Crippen LogP contribution is 2.33. The maximum Gasteiger partial charge on any atom is 0.0320 e. The molecule has 2 heteroatoms. The van der Waals surface area contributed by atoms with E-state index in [-0.39, 0.29) is 0 Å². The summed E-state index contributed by atoms with van der Waals surface area (Å²) < 4.78 is 0. The third-order valence-electron chi connectivity index (χ3n) is 4.57. The molecule has 0 fully saturated rings. The third-order valence-corrected chi connectivity index (χ3v) is 4.57. The van der Waals surface area contributed by atoms with Crippen LogP contribution in [-0.2, 0) is 13.0 Å². The second-order valence-electron chi connectivity index (χ2n) is 6.59. The standard InChI is InChI=1S/C20H26N2/c1-21-20-9-5-7-16-10-11-18(13-19(16)20)17-8-4-6-15(12-17)14-22(2)3/h4,6,8,10-13,20-21H,5,7,9,14H2,1-3H3. The van der Waals surface area contributed by atoms with E-state index in [1.807, 2.05) is 0 Å². The van der Waals surface area contributed by atoms with Gasteiger partial charge in [0.25, 0.3) is 0 Å². The zero-order valence-electron chi connectivity index (χ0n) is 13.9. The van der Waals surface area contributed by atoms with Gasteiger partial charge in [-0.3, -0.25) is 0 Å². The van der Waals surface area contributed by atoms with Crippen LogP contribution in [0.3, 0.4) is 0 Å². The molecule has 22 heavy (non-hydrogen) atoms. The molecule has 0 spiro atoms. The van der Waals surface area contributed by atoms with Gasteiger partial charge in [-0.2, -0.15) is 0 Å². The molecule has 1 unspecified atom stereocenters. The van der Waals surface area contributed by atoms with Crippen molar-refractivity contribution in [1.29, 1.82) is 0 Å². The van der Waals surface area contributed by atoms with Crippen molar-refractivity contribution in [3.05, 3.63) is 59.2 Å². The summed E-state index contributed by atoms with van der Waals surface area (Å²) in [5, 5.41) is 3.47. The molecule has 1 atom stereocenters. The number of benzene rings is 2. The van der Waals surface area contributed by atoms with E-state index in [1.165, 1.54) is 47.1 Å². The molecule has 0 saturated carbocycles. The summed E-state index contributed by atoms with van der Waals surface area (Å²) in [6.45, 7) is 0.984.